The standard InChI is InChI=1S/C29H30ClF2N7OS/c1-15(12-38-9-3-2-4-10-38)40-29-36-24-19(27(37-29)39-13-16-5-6-17(14-39)34-16)11-20(30)22(23(24)32)18-7-8-21(31)26-25(18)35-28(33)41-26/h2-3,7-8,11,15-17,34H,4-6,9-10,12-14H2,1H3,(H2,33,35). The van der Waals surface area contributed by atoms with Gasteiger partial charge < -0.3 is 20.7 Å². The summed E-state index contributed by atoms with van der Waals surface area (Å²) in [6.45, 7) is 5.99. The highest BCUT2D eigenvalue weighted by atomic mass is 35.5. The summed E-state index contributed by atoms with van der Waals surface area (Å²) in [5.74, 6) is -0.500. The molecule has 3 N–H and O–H groups in total. The van der Waals surface area contributed by atoms with Crippen molar-refractivity contribution in [3.63, 3.8) is 0 Å². The maximum atomic E-state index is 16.6. The largest absolute Gasteiger partial charge is 0.459 e. The van der Waals surface area contributed by atoms with Crippen LogP contribution in [0.2, 0.25) is 5.02 Å². The summed E-state index contributed by atoms with van der Waals surface area (Å²) in [5, 5.41) is 4.50. The van der Waals surface area contributed by atoms with Gasteiger partial charge in [-0.05, 0) is 44.4 Å². The van der Waals surface area contributed by atoms with Crippen LogP contribution in [0, 0.1) is 11.6 Å². The second-order valence-corrected chi connectivity index (χ2v) is 12.5. The average molecular weight is 598 g/mol. The zero-order chi connectivity index (χ0) is 28.2. The van der Waals surface area contributed by atoms with Crippen molar-refractivity contribution in [2.75, 3.05) is 43.4 Å². The molecular formula is C29H30ClF2N7OS. The lowest BCUT2D eigenvalue weighted by Crippen LogP contribution is -2.51. The molecule has 3 unspecified atom stereocenters. The number of rotatable bonds is 6. The molecule has 214 valence electrons. The third-order valence-electron chi connectivity index (χ3n) is 8.10. The van der Waals surface area contributed by atoms with Crippen LogP contribution >= 0.6 is 22.9 Å². The summed E-state index contributed by atoms with van der Waals surface area (Å²) < 4.78 is 37.7. The Morgan fingerprint density at radius 2 is 1.95 bits per heavy atom. The van der Waals surface area contributed by atoms with Gasteiger partial charge in [0.15, 0.2) is 10.9 Å². The zero-order valence-electron chi connectivity index (χ0n) is 22.5. The Bertz CT molecular complexity index is 1670. The van der Waals surface area contributed by atoms with E-state index in [1.54, 1.807) is 6.07 Å². The molecule has 7 rings (SSSR count). The van der Waals surface area contributed by atoms with Crippen molar-refractivity contribution >= 4 is 55.0 Å². The van der Waals surface area contributed by atoms with E-state index in [4.69, 9.17) is 27.1 Å². The number of fused-ring (bicyclic) bond motifs is 4. The maximum absolute atomic E-state index is 16.6. The van der Waals surface area contributed by atoms with Crippen LogP contribution in [-0.2, 0) is 0 Å². The molecule has 8 nitrogen and oxygen atoms in total. The van der Waals surface area contributed by atoms with Gasteiger partial charge in [-0.2, -0.15) is 9.97 Å². The molecule has 3 aliphatic heterocycles. The van der Waals surface area contributed by atoms with Crippen LogP contribution in [0.5, 0.6) is 6.01 Å². The predicted octanol–water partition coefficient (Wildman–Crippen LogP) is 5.39. The van der Waals surface area contributed by atoms with Gasteiger partial charge >= 0.3 is 6.01 Å². The fraction of sp³-hybridized carbons (Fsp3) is 0.414. The van der Waals surface area contributed by atoms with Crippen LogP contribution < -0.4 is 20.7 Å². The van der Waals surface area contributed by atoms with Gasteiger partial charge in [0, 0.05) is 61.3 Å². The molecule has 5 heterocycles. The van der Waals surface area contributed by atoms with Crippen molar-refractivity contribution < 1.29 is 13.5 Å². The molecule has 2 bridgehead atoms. The number of nitrogens with zero attached hydrogens (tertiary/aromatic N) is 5. The molecule has 0 aliphatic carbocycles. The number of hydrogen-bond acceptors (Lipinski definition) is 9. The number of thiazole rings is 1. The molecule has 0 radical (unpaired) electrons. The Morgan fingerprint density at radius 3 is 2.71 bits per heavy atom. The molecule has 0 saturated carbocycles. The van der Waals surface area contributed by atoms with Crippen molar-refractivity contribution in [2.24, 2.45) is 0 Å². The van der Waals surface area contributed by atoms with Gasteiger partial charge in [-0.1, -0.05) is 35.1 Å². The lowest BCUT2D eigenvalue weighted by atomic mass is 10.0. The highest BCUT2D eigenvalue weighted by Gasteiger charge is 2.34. The quantitative estimate of drug-likeness (QED) is 0.286. The zero-order valence-corrected chi connectivity index (χ0v) is 24.1. The molecule has 3 aliphatic rings. The molecule has 0 spiro atoms. The van der Waals surface area contributed by atoms with Crippen molar-refractivity contribution in [2.45, 2.75) is 44.4 Å². The van der Waals surface area contributed by atoms with E-state index in [0.717, 1.165) is 56.8 Å². The summed E-state index contributed by atoms with van der Waals surface area (Å²) in [6, 6.07) is 5.27. The minimum atomic E-state index is -0.632. The summed E-state index contributed by atoms with van der Waals surface area (Å²) in [5.41, 5.74) is 6.71. The van der Waals surface area contributed by atoms with Crippen molar-refractivity contribution in [1.82, 2.24) is 25.2 Å². The van der Waals surface area contributed by atoms with E-state index in [9.17, 15) is 4.39 Å². The maximum Gasteiger partial charge on any atom is 0.319 e. The van der Waals surface area contributed by atoms with E-state index >= 15 is 4.39 Å². The number of benzene rings is 2. The van der Waals surface area contributed by atoms with E-state index in [2.05, 4.69) is 37.2 Å². The molecule has 2 fully saturated rings. The van der Waals surface area contributed by atoms with Gasteiger partial charge in [-0.3, -0.25) is 4.90 Å². The van der Waals surface area contributed by atoms with Crippen molar-refractivity contribution in [1.29, 1.82) is 0 Å². The number of piperazine rings is 1. The minimum Gasteiger partial charge on any atom is -0.459 e. The summed E-state index contributed by atoms with van der Waals surface area (Å²) in [4.78, 5) is 18.2. The van der Waals surface area contributed by atoms with Gasteiger partial charge in [0.2, 0.25) is 0 Å². The number of anilines is 2. The molecule has 2 aromatic carbocycles. The Kier molecular flexibility index (Phi) is 6.93. The van der Waals surface area contributed by atoms with Gasteiger partial charge in [0.1, 0.15) is 23.3 Å². The van der Waals surface area contributed by atoms with E-state index in [1.807, 2.05) is 6.92 Å². The Hall–Kier alpha value is -3.12. The summed E-state index contributed by atoms with van der Waals surface area (Å²) >= 11 is 7.80. The molecular weight excluding hydrogens is 568 g/mol. The third kappa shape index (κ3) is 4.98. The van der Waals surface area contributed by atoms with Crippen molar-refractivity contribution in [3.8, 4) is 17.1 Å². The minimum absolute atomic E-state index is 0.0959. The molecule has 2 aromatic heterocycles. The number of halogens is 3. The normalized spacial score (nSPS) is 21.7. The first-order valence-electron chi connectivity index (χ1n) is 13.9. The predicted molar refractivity (Wildman–Crippen MR) is 160 cm³/mol. The first-order chi connectivity index (χ1) is 19.8. The fourth-order valence-corrected chi connectivity index (χ4v) is 7.36. The monoisotopic (exact) mass is 597 g/mol. The van der Waals surface area contributed by atoms with E-state index in [1.165, 1.54) is 12.1 Å². The van der Waals surface area contributed by atoms with E-state index < -0.39 is 11.6 Å². The van der Waals surface area contributed by atoms with Crippen LogP contribution in [0.15, 0.2) is 30.4 Å². The lowest BCUT2D eigenvalue weighted by molar-refractivity contribution is 0.142. The summed E-state index contributed by atoms with van der Waals surface area (Å²) in [7, 11) is 0. The second kappa shape index (κ2) is 10.6. The molecule has 12 heteroatoms. The Balaban J connectivity index is 1.35. The molecule has 41 heavy (non-hydrogen) atoms. The molecule has 0 amide bonds. The van der Waals surface area contributed by atoms with Crippen LogP contribution in [0.3, 0.4) is 0 Å². The number of hydrogen-bond donors (Lipinski definition) is 2. The van der Waals surface area contributed by atoms with E-state index in [-0.39, 0.29) is 43.6 Å². The molecule has 4 aromatic rings. The highest BCUT2D eigenvalue weighted by Crippen LogP contribution is 2.43. The number of nitrogen functional groups attached to an aromatic ring is 1. The first-order valence-corrected chi connectivity index (χ1v) is 15.1. The second-order valence-electron chi connectivity index (χ2n) is 11.1. The number of aromatic nitrogens is 3. The number of nitrogens with two attached hydrogens (primary N) is 1. The van der Waals surface area contributed by atoms with Crippen LogP contribution in [0.25, 0.3) is 32.2 Å². The van der Waals surface area contributed by atoms with Crippen LogP contribution in [0.1, 0.15) is 26.2 Å². The highest BCUT2D eigenvalue weighted by molar-refractivity contribution is 7.22. The van der Waals surface area contributed by atoms with Gasteiger partial charge in [0.25, 0.3) is 0 Å². The van der Waals surface area contributed by atoms with Crippen LogP contribution in [0.4, 0.5) is 19.7 Å². The smallest absolute Gasteiger partial charge is 0.319 e. The summed E-state index contributed by atoms with van der Waals surface area (Å²) in [6.07, 6.45) is 7.31. The van der Waals surface area contributed by atoms with Crippen molar-refractivity contribution in [3.05, 3.63) is 47.0 Å². The number of nitrogens with one attached hydrogen (secondary N) is 1. The third-order valence-corrected chi connectivity index (χ3v) is 9.29. The fourth-order valence-electron chi connectivity index (χ4n) is 6.30. The van der Waals surface area contributed by atoms with Gasteiger partial charge in [-0.15, -0.1) is 0 Å². The average Bonchev–Trinajstić information content (AvgIpc) is 3.51. The van der Waals surface area contributed by atoms with E-state index in [0.29, 0.717) is 35.4 Å². The topological polar surface area (TPSA) is 92.4 Å². The molecule has 3 atom stereocenters. The SMILES string of the molecule is CC(CN1CC=CCC1)Oc1nc(N2CC3CCC(C2)N3)c2cc(Cl)c(-c3ccc(F)c4sc(N)nc34)c(F)c2n1. The molecule has 2 saturated heterocycles. The van der Waals surface area contributed by atoms with Gasteiger partial charge in [-0.25, -0.2) is 13.8 Å². The first kappa shape index (κ1) is 26.8. The van der Waals surface area contributed by atoms with Gasteiger partial charge in [0.05, 0.1) is 15.2 Å². The number of ether oxygens (including phenoxy) is 1. The lowest BCUT2D eigenvalue weighted by Gasteiger charge is -2.34. The van der Waals surface area contributed by atoms with Crippen LogP contribution in [-0.4, -0.2) is 70.8 Å². The Labute approximate surface area is 245 Å². The Morgan fingerprint density at radius 1 is 1.15 bits per heavy atom.